The highest BCUT2D eigenvalue weighted by atomic mass is 16.5. The van der Waals surface area contributed by atoms with Gasteiger partial charge in [-0.1, -0.05) is 90.5 Å². The van der Waals surface area contributed by atoms with Crippen LogP contribution in [0.2, 0.25) is 0 Å². The molecule has 2 rings (SSSR count). The molecule has 0 amide bonds. The van der Waals surface area contributed by atoms with Crippen molar-refractivity contribution in [3.63, 3.8) is 0 Å². The van der Waals surface area contributed by atoms with Gasteiger partial charge in [-0.3, -0.25) is 0 Å². The number of esters is 2. The fourth-order valence-corrected chi connectivity index (χ4v) is 4.03. The molecule has 2 aromatic carbocycles. The minimum Gasteiger partial charge on any atom is -0.478 e. The minimum atomic E-state index is -1.23. The topological polar surface area (TPSA) is 127 Å². The van der Waals surface area contributed by atoms with Gasteiger partial charge in [-0.2, -0.15) is 0 Å². The van der Waals surface area contributed by atoms with Crippen molar-refractivity contribution in [2.24, 2.45) is 11.8 Å². The fourth-order valence-electron chi connectivity index (χ4n) is 4.03. The molecule has 0 aliphatic heterocycles. The number of carboxylic acid groups (broad SMARTS) is 2. The van der Waals surface area contributed by atoms with E-state index < -0.39 is 23.9 Å². The molecule has 0 aromatic heterocycles. The first-order chi connectivity index (χ1) is 19.2. The number of hydrogen-bond donors (Lipinski definition) is 2. The van der Waals surface area contributed by atoms with Gasteiger partial charge in [-0.05, 0) is 48.9 Å². The lowest BCUT2D eigenvalue weighted by Crippen LogP contribution is -2.19. The van der Waals surface area contributed by atoms with Crippen molar-refractivity contribution in [3.8, 4) is 0 Å². The van der Waals surface area contributed by atoms with Crippen LogP contribution in [0.1, 0.15) is 120 Å². The molecule has 8 nitrogen and oxygen atoms in total. The zero-order valence-electron chi connectivity index (χ0n) is 24.2. The number of carbonyl (C=O) groups excluding carboxylic acids is 2. The summed E-state index contributed by atoms with van der Waals surface area (Å²) in [5.74, 6) is -2.61. The van der Waals surface area contributed by atoms with Crippen LogP contribution in [-0.2, 0) is 9.47 Å². The molecule has 0 spiro atoms. The van der Waals surface area contributed by atoms with Gasteiger partial charge in [0, 0.05) is 0 Å². The summed E-state index contributed by atoms with van der Waals surface area (Å²) in [5, 5.41) is 17.1. The predicted molar refractivity (Wildman–Crippen MR) is 154 cm³/mol. The van der Waals surface area contributed by atoms with E-state index in [1.807, 2.05) is 0 Å². The van der Waals surface area contributed by atoms with E-state index in [1.165, 1.54) is 24.3 Å². The summed E-state index contributed by atoms with van der Waals surface area (Å²) in [7, 11) is 0. The second kappa shape index (κ2) is 19.4. The first kappa shape index (κ1) is 34.3. The van der Waals surface area contributed by atoms with Crippen LogP contribution in [-0.4, -0.2) is 47.3 Å². The van der Waals surface area contributed by atoms with E-state index >= 15 is 0 Å². The molecule has 2 N–H and O–H groups in total. The smallest absolute Gasteiger partial charge is 0.339 e. The van der Waals surface area contributed by atoms with Crippen molar-refractivity contribution in [2.75, 3.05) is 13.2 Å². The largest absolute Gasteiger partial charge is 0.478 e. The Bertz CT molecular complexity index is 994. The Hall–Kier alpha value is -3.68. The Morgan fingerprint density at radius 3 is 1.20 bits per heavy atom. The van der Waals surface area contributed by atoms with Crippen LogP contribution in [0, 0.1) is 11.8 Å². The minimum absolute atomic E-state index is 0.190. The summed E-state index contributed by atoms with van der Waals surface area (Å²) in [6.45, 7) is 9.34. The van der Waals surface area contributed by atoms with Crippen LogP contribution >= 0.6 is 0 Å². The van der Waals surface area contributed by atoms with Crippen molar-refractivity contribution >= 4 is 23.9 Å². The van der Waals surface area contributed by atoms with Crippen LogP contribution in [0.5, 0.6) is 0 Å². The van der Waals surface area contributed by atoms with Gasteiger partial charge in [0.05, 0.1) is 35.5 Å². The molecule has 0 heterocycles. The number of carboxylic acids is 2. The third kappa shape index (κ3) is 12.0. The maximum Gasteiger partial charge on any atom is 0.339 e. The highest BCUT2D eigenvalue weighted by Gasteiger charge is 2.21. The number of aromatic carboxylic acids is 2. The first-order valence-corrected chi connectivity index (χ1v) is 14.2. The summed E-state index contributed by atoms with van der Waals surface area (Å²) in [5.41, 5.74) is 0.203. The molecule has 0 aliphatic carbocycles. The third-order valence-corrected chi connectivity index (χ3v) is 6.74. The lowest BCUT2D eigenvalue weighted by Gasteiger charge is -2.17. The highest BCUT2D eigenvalue weighted by Crippen LogP contribution is 2.18. The zero-order valence-corrected chi connectivity index (χ0v) is 24.2. The van der Waals surface area contributed by atoms with Gasteiger partial charge in [0.25, 0.3) is 0 Å². The molecule has 0 saturated heterocycles. The van der Waals surface area contributed by atoms with Gasteiger partial charge >= 0.3 is 23.9 Å². The summed E-state index contributed by atoms with van der Waals surface area (Å²) < 4.78 is 11.0. The number of rotatable bonds is 16. The Balaban J connectivity index is 0.000000552. The Kier molecular flexibility index (Phi) is 16.6. The van der Waals surface area contributed by atoms with Crippen LogP contribution in [0.3, 0.4) is 0 Å². The number of unbranched alkanes of at least 4 members (excludes halogenated alkanes) is 2. The first-order valence-electron chi connectivity index (χ1n) is 14.2. The van der Waals surface area contributed by atoms with E-state index in [1.54, 1.807) is 24.3 Å². The maximum atomic E-state index is 12.6. The van der Waals surface area contributed by atoms with Crippen molar-refractivity contribution in [2.45, 2.75) is 79.1 Å². The molecular weight excluding hydrogens is 512 g/mol. The average Bonchev–Trinajstić information content (AvgIpc) is 2.97. The number of benzene rings is 2. The molecule has 40 heavy (non-hydrogen) atoms. The highest BCUT2D eigenvalue weighted by molar-refractivity contribution is 6.03. The second-order valence-electron chi connectivity index (χ2n) is 9.73. The molecule has 0 aliphatic rings. The molecule has 2 unspecified atom stereocenters. The van der Waals surface area contributed by atoms with Crippen LogP contribution in [0.25, 0.3) is 0 Å². The lowest BCUT2D eigenvalue weighted by atomic mass is 10.0. The normalized spacial score (nSPS) is 11.9. The van der Waals surface area contributed by atoms with Gasteiger partial charge in [-0.15, -0.1) is 0 Å². The lowest BCUT2D eigenvalue weighted by molar-refractivity contribution is 0.0381. The molecule has 2 atom stereocenters. The molecule has 0 bridgehead atoms. The van der Waals surface area contributed by atoms with Gasteiger partial charge in [-0.25, -0.2) is 19.2 Å². The molecule has 0 fully saturated rings. The van der Waals surface area contributed by atoms with E-state index in [4.69, 9.17) is 19.7 Å². The molecule has 220 valence electrons. The average molecular weight is 557 g/mol. The number of hydrogen-bond acceptors (Lipinski definition) is 6. The second-order valence-corrected chi connectivity index (χ2v) is 9.73. The van der Waals surface area contributed by atoms with E-state index in [-0.39, 0.29) is 11.1 Å². The SMILES string of the molecule is CCCCC(CC)COC(=O)c1ccccc1C(=O)OCC(CC)CCCC.O=C(O)c1ccccc1C(=O)O. The Morgan fingerprint density at radius 1 is 0.600 bits per heavy atom. The summed E-state index contributed by atoms with van der Waals surface area (Å²) in [6.07, 6.45) is 8.61. The summed E-state index contributed by atoms with van der Waals surface area (Å²) in [6, 6.07) is 12.2. The van der Waals surface area contributed by atoms with Gasteiger partial charge < -0.3 is 19.7 Å². The quantitative estimate of drug-likeness (QED) is 0.203. The number of ether oxygens (including phenoxy) is 2. The molecule has 8 heteroatoms. The maximum absolute atomic E-state index is 12.6. The molecule has 0 saturated carbocycles. The van der Waals surface area contributed by atoms with Crippen LogP contribution < -0.4 is 0 Å². The summed E-state index contributed by atoms with van der Waals surface area (Å²) >= 11 is 0. The van der Waals surface area contributed by atoms with Crippen molar-refractivity contribution in [1.82, 2.24) is 0 Å². The van der Waals surface area contributed by atoms with Gasteiger partial charge in [0.15, 0.2) is 0 Å². The molecular formula is C32H44O8. The van der Waals surface area contributed by atoms with E-state index in [2.05, 4.69) is 27.7 Å². The Labute approximate surface area is 237 Å². The Morgan fingerprint density at radius 2 is 0.925 bits per heavy atom. The van der Waals surface area contributed by atoms with Gasteiger partial charge in [0.2, 0.25) is 0 Å². The van der Waals surface area contributed by atoms with Crippen molar-refractivity contribution in [3.05, 3.63) is 70.8 Å². The van der Waals surface area contributed by atoms with Crippen LogP contribution in [0.15, 0.2) is 48.5 Å². The standard InChI is InChI=1S/C24H38O4.C8H6O4/c1-5-9-13-19(7-3)17-27-23(25)21-15-11-12-16-22(21)24(26)28-18-20(8-4)14-10-6-2;9-7(10)5-3-1-2-4-6(5)8(11)12/h11-12,15-16,19-20H,5-10,13-14,17-18H2,1-4H3;1-4H,(H,9,10)(H,11,12). The van der Waals surface area contributed by atoms with Crippen molar-refractivity contribution in [1.29, 1.82) is 0 Å². The van der Waals surface area contributed by atoms with Crippen molar-refractivity contribution < 1.29 is 38.9 Å². The fraction of sp³-hybridized carbons (Fsp3) is 0.500. The molecule has 2 aromatic rings. The number of carbonyl (C=O) groups is 4. The van der Waals surface area contributed by atoms with Crippen LogP contribution in [0.4, 0.5) is 0 Å². The summed E-state index contributed by atoms with van der Waals surface area (Å²) in [4.78, 5) is 46.1. The van der Waals surface area contributed by atoms with E-state index in [0.29, 0.717) is 36.2 Å². The monoisotopic (exact) mass is 556 g/mol. The van der Waals surface area contributed by atoms with E-state index in [0.717, 1.165) is 51.4 Å². The van der Waals surface area contributed by atoms with Gasteiger partial charge in [0.1, 0.15) is 0 Å². The zero-order chi connectivity index (χ0) is 29.9. The van der Waals surface area contributed by atoms with E-state index in [9.17, 15) is 19.2 Å². The predicted octanol–water partition coefficient (Wildman–Crippen LogP) is 7.52. The third-order valence-electron chi connectivity index (χ3n) is 6.74. The molecule has 0 radical (unpaired) electrons.